The first kappa shape index (κ1) is 22.5. The largest absolute Gasteiger partial charge is 0.369 e. The molecule has 2 saturated heterocycles. The first-order valence-electron chi connectivity index (χ1n) is 11.8. The summed E-state index contributed by atoms with van der Waals surface area (Å²) in [5.41, 5.74) is 5.62. The Bertz CT molecular complexity index is 1150. The smallest absolute Gasteiger partial charge is 0.255 e. The van der Waals surface area contributed by atoms with Crippen LogP contribution in [0.25, 0.3) is 0 Å². The highest BCUT2D eigenvalue weighted by Gasteiger charge is 2.41. The van der Waals surface area contributed by atoms with Crippen LogP contribution in [0.1, 0.15) is 45.5 Å². The molecule has 3 aliphatic heterocycles. The molecule has 3 heterocycles. The first-order valence-corrected chi connectivity index (χ1v) is 11.8. The van der Waals surface area contributed by atoms with Gasteiger partial charge in [-0.2, -0.15) is 0 Å². The van der Waals surface area contributed by atoms with Gasteiger partial charge in [0.15, 0.2) is 0 Å². The fourth-order valence-electron chi connectivity index (χ4n) is 5.45. The quantitative estimate of drug-likeness (QED) is 0.704. The molecule has 1 unspecified atom stereocenters. The number of carbonyl (C=O) groups excluding carboxylic acids is 3. The third-order valence-electron chi connectivity index (χ3n) is 7.00. The summed E-state index contributed by atoms with van der Waals surface area (Å²) in [6.07, 6.45) is 0.486. The second-order valence-corrected chi connectivity index (χ2v) is 9.61. The Morgan fingerprint density at radius 3 is 2.35 bits per heavy atom. The summed E-state index contributed by atoms with van der Waals surface area (Å²) in [7, 11) is 0. The number of rotatable bonds is 4. The zero-order chi connectivity index (χ0) is 24.0. The lowest BCUT2D eigenvalue weighted by Gasteiger charge is -2.37. The standard InChI is InChI=1S/C26H29FN4O3/c1-16-9-17(2)11-18(10-16)14-29-5-7-30(8-6-29)23-13-19(27)12-20-21(23)15-31(26(20)34)22-3-4-24(32)28-25(22)33/h9-13,22H,3-8,14-15H2,1-2H3,(H,28,32,33). The lowest BCUT2D eigenvalue weighted by Crippen LogP contribution is -2.52. The Morgan fingerprint density at radius 2 is 1.68 bits per heavy atom. The molecule has 34 heavy (non-hydrogen) atoms. The summed E-state index contributed by atoms with van der Waals surface area (Å²) >= 11 is 0. The molecule has 1 atom stereocenters. The van der Waals surface area contributed by atoms with Crippen LogP contribution in [0.5, 0.6) is 0 Å². The molecule has 0 saturated carbocycles. The molecular formula is C26H29FN4O3. The molecule has 2 aromatic carbocycles. The minimum atomic E-state index is -0.705. The number of nitrogens with one attached hydrogen (secondary N) is 1. The van der Waals surface area contributed by atoms with Crippen LogP contribution in [0, 0.1) is 19.7 Å². The molecule has 0 bridgehead atoms. The molecular weight excluding hydrogens is 435 g/mol. The van der Waals surface area contributed by atoms with E-state index in [0.29, 0.717) is 12.0 Å². The van der Waals surface area contributed by atoms with E-state index in [-0.39, 0.29) is 24.8 Å². The molecule has 0 aliphatic carbocycles. The Labute approximate surface area is 198 Å². The number of benzene rings is 2. The lowest BCUT2D eigenvalue weighted by atomic mass is 10.0. The van der Waals surface area contributed by atoms with Gasteiger partial charge in [-0.25, -0.2) is 4.39 Å². The molecule has 3 amide bonds. The Kier molecular flexibility index (Phi) is 5.85. The van der Waals surface area contributed by atoms with E-state index in [1.54, 1.807) is 0 Å². The van der Waals surface area contributed by atoms with E-state index in [1.807, 2.05) is 0 Å². The van der Waals surface area contributed by atoms with Crippen LogP contribution in [0.3, 0.4) is 0 Å². The van der Waals surface area contributed by atoms with Crippen molar-refractivity contribution in [3.63, 3.8) is 0 Å². The zero-order valence-electron chi connectivity index (χ0n) is 19.6. The molecule has 8 heteroatoms. The van der Waals surface area contributed by atoms with Crippen molar-refractivity contribution in [3.05, 3.63) is 64.0 Å². The molecule has 5 rings (SSSR count). The second-order valence-electron chi connectivity index (χ2n) is 9.61. The monoisotopic (exact) mass is 464 g/mol. The number of nitrogens with zero attached hydrogens (tertiary/aromatic N) is 3. The molecule has 0 aromatic heterocycles. The van der Waals surface area contributed by atoms with Gasteiger partial charge >= 0.3 is 0 Å². The van der Waals surface area contributed by atoms with Crippen LogP contribution >= 0.6 is 0 Å². The highest BCUT2D eigenvalue weighted by Crippen LogP contribution is 2.35. The number of amides is 3. The highest BCUT2D eigenvalue weighted by molar-refractivity contribution is 6.06. The van der Waals surface area contributed by atoms with Gasteiger partial charge in [-0.1, -0.05) is 29.3 Å². The summed E-state index contributed by atoms with van der Waals surface area (Å²) in [6, 6.07) is 8.67. The lowest BCUT2D eigenvalue weighted by molar-refractivity contribution is -0.136. The first-order chi connectivity index (χ1) is 16.3. The number of halogens is 1. The predicted octanol–water partition coefficient (Wildman–Crippen LogP) is 2.53. The molecule has 1 N–H and O–H groups in total. The van der Waals surface area contributed by atoms with Crippen molar-refractivity contribution in [1.29, 1.82) is 0 Å². The van der Waals surface area contributed by atoms with E-state index in [1.165, 1.54) is 33.7 Å². The van der Waals surface area contributed by atoms with Crippen LogP contribution < -0.4 is 10.2 Å². The van der Waals surface area contributed by atoms with Gasteiger partial charge in [0.05, 0.1) is 0 Å². The van der Waals surface area contributed by atoms with Gasteiger partial charge < -0.3 is 9.80 Å². The third kappa shape index (κ3) is 4.30. The van der Waals surface area contributed by atoms with Crippen molar-refractivity contribution in [2.24, 2.45) is 0 Å². The van der Waals surface area contributed by atoms with Gasteiger partial charge in [-0.05, 0) is 38.0 Å². The summed E-state index contributed by atoms with van der Waals surface area (Å²) in [5, 5.41) is 2.31. The van der Waals surface area contributed by atoms with Crippen LogP contribution in [-0.2, 0) is 22.7 Å². The summed E-state index contributed by atoms with van der Waals surface area (Å²) < 4.78 is 14.6. The van der Waals surface area contributed by atoms with Gasteiger partial charge in [0, 0.05) is 62.5 Å². The van der Waals surface area contributed by atoms with Crippen molar-refractivity contribution >= 4 is 23.4 Å². The molecule has 7 nitrogen and oxygen atoms in total. The summed E-state index contributed by atoms with van der Waals surface area (Å²) in [6.45, 7) is 8.47. The van der Waals surface area contributed by atoms with Crippen molar-refractivity contribution in [1.82, 2.24) is 15.1 Å². The van der Waals surface area contributed by atoms with Crippen LogP contribution in [0.15, 0.2) is 30.3 Å². The van der Waals surface area contributed by atoms with Crippen LogP contribution in [0.2, 0.25) is 0 Å². The average Bonchev–Trinajstić information content (AvgIpc) is 3.09. The maximum absolute atomic E-state index is 14.6. The second kappa shape index (κ2) is 8.83. The van der Waals surface area contributed by atoms with E-state index in [9.17, 15) is 18.8 Å². The van der Waals surface area contributed by atoms with Crippen molar-refractivity contribution < 1.29 is 18.8 Å². The number of piperazine rings is 1. The highest BCUT2D eigenvalue weighted by atomic mass is 19.1. The number of piperidine rings is 1. The van der Waals surface area contributed by atoms with Crippen molar-refractivity contribution in [2.45, 2.75) is 45.8 Å². The maximum Gasteiger partial charge on any atom is 0.255 e. The molecule has 2 fully saturated rings. The normalized spacial score (nSPS) is 21.1. The fraction of sp³-hybridized carbons (Fsp3) is 0.423. The average molecular weight is 465 g/mol. The number of hydrogen-bond donors (Lipinski definition) is 1. The number of anilines is 1. The third-order valence-corrected chi connectivity index (χ3v) is 7.00. The zero-order valence-corrected chi connectivity index (χ0v) is 19.6. The van der Waals surface area contributed by atoms with Gasteiger partial charge in [-0.15, -0.1) is 0 Å². The molecule has 2 aromatic rings. The maximum atomic E-state index is 14.6. The van der Waals surface area contributed by atoms with E-state index < -0.39 is 17.8 Å². The van der Waals surface area contributed by atoms with Gasteiger partial charge in [0.25, 0.3) is 5.91 Å². The summed E-state index contributed by atoms with van der Waals surface area (Å²) in [5.74, 6) is -1.58. The number of hydrogen-bond acceptors (Lipinski definition) is 5. The van der Waals surface area contributed by atoms with E-state index >= 15 is 0 Å². The van der Waals surface area contributed by atoms with Gasteiger partial charge in [0.1, 0.15) is 11.9 Å². The minimum absolute atomic E-state index is 0.195. The van der Waals surface area contributed by atoms with Crippen molar-refractivity contribution in [3.8, 4) is 0 Å². The predicted molar refractivity (Wildman–Crippen MR) is 126 cm³/mol. The Balaban J connectivity index is 1.31. The number of aryl methyl sites for hydroxylation is 2. The Morgan fingerprint density at radius 1 is 0.971 bits per heavy atom. The SMILES string of the molecule is Cc1cc(C)cc(CN2CCN(c3cc(F)cc4c3CN(C3CCC(=O)NC3=O)C4=O)CC2)c1. The van der Waals surface area contributed by atoms with Crippen molar-refractivity contribution in [2.75, 3.05) is 31.1 Å². The van der Waals surface area contributed by atoms with E-state index in [4.69, 9.17) is 0 Å². The van der Waals surface area contributed by atoms with Gasteiger partial charge in [0.2, 0.25) is 11.8 Å². The van der Waals surface area contributed by atoms with Crippen LogP contribution in [0.4, 0.5) is 10.1 Å². The van der Waals surface area contributed by atoms with E-state index in [0.717, 1.165) is 44.0 Å². The molecule has 3 aliphatic rings. The number of imide groups is 1. The molecule has 0 radical (unpaired) electrons. The Hall–Kier alpha value is -3.26. The number of carbonyl (C=O) groups is 3. The van der Waals surface area contributed by atoms with E-state index in [2.05, 4.69) is 47.2 Å². The van der Waals surface area contributed by atoms with Gasteiger partial charge in [-0.3, -0.25) is 24.6 Å². The minimum Gasteiger partial charge on any atom is -0.369 e. The van der Waals surface area contributed by atoms with Crippen LogP contribution in [-0.4, -0.2) is 59.7 Å². The molecule has 178 valence electrons. The topological polar surface area (TPSA) is 73.0 Å². The summed E-state index contributed by atoms with van der Waals surface area (Å²) in [4.78, 5) is 43.0. The molecule has 0 spiro atoms. The number of fused-ring (bicyclic) bond motifs is 1. The fourth-order valence-corrected chi connectivity index (χ4v) is 5.45.